The predicted molar refractivity (Wildman–Crippen MR) is 137 cm³/mol. The lowest BCUT2D eigenvalue weighted by atomic mass is 10.0. The fourth-order valence-electron chi connectivity index (χ4n) is 5.04. The number of aryl methyl sites for hydroxylation is 1. The first-order valence-corrected chi connectivity index (χ1v) is 12.4. The largest absolute Gasteiger partial charge is 0.444 e. The van der Waals surface area contributed by atoms with E-state index in [1.807, 2.05) is 36.4 Å². The second kappa shape index (κ2) is 9.11. The van der Waals surface area contributed by atoms with Crippen LogP contribution < -0.4 is 11.1 Å². The van der Waals surface area contributed by atoms with Crippen molar-refractivity contribution in [1.82, 2.24) is 14.8 Å². The van der Waals surface area contributed by atoms with E-state index in [1.165, 1.54) is 4.57 Å². The highest BCUT2D eigenvalue weighted by Gasteiger charge is 2.57. The van der Waals surface area contributed by atoms with Crippen LogP contribution in [0, 0.1) is 17.2 Å². The molecule has 1 aliphatic carbocycles. The maximum atomic E-state index is 13.1. The molecule has 2 fully saturated rings. The van der Waals surface area contributed by atoms with E-state index < -0.39 is 29.5 Å². The van der Waals surface area contributed by atoms with Crippen molar-refractivity contribution in [3.05, 3.63) is 58.6 Å². The van der Waals surface area contributed by atoms with E-state index in [9.17, 15) is 19.6 Å². The summed E-state index contributed by atoms with van der Waals surface area (Å²) >= 11 is 0. The molecule has 3 aromatic rings. The molecular formula is C28H30N4O5. The molecule has 1 aromatic heterocycles. The van der Waals surface area contributed by atoms with Crippen LogP contribution in [0.5, 0.6) is 0 Å². The number of oxazole rings is 1. The summed E-state index contributed by atoms with van der Waals surface area (Å²) in [5, 5.41) is 12.6. The molecule has 1 N–H and O–H groups in total. The van der Waals surface area contributed by atoms with Gasteiger partial charge in [-0.3, -0.25) is 14.3 Å². The molecule has 0 spiro atoms. The first kappa shape index (κ1) is 24.6. The number of ether oxygens (including phenoxy) is 1. The molecule has 192 valence electrons. The summed E-state index contributed by atoms with van der Waals surface area (Å²) in [6, 6.07) is 14.2. The summed E-state index contributed by atoms with van der Waals surface area (Å²) in [6.07, 6.45) is 1.34. The lowest BCUT2D eigenvalue weighted by Crippen LogP contribution is -2.51. The summed E-state index contributed by atoms with van der Waals surface area (Å²) in [6.45, 7) is 5.40. The van der Waals surface area contributed by atoms with E-state index in [0.29, 0.717) is 29.9 Å². The predicted octanol–water partition coefficient (Wildman–Crippen LogP) is 3.75. The van der Waals surface area contributed by atoms with Gasteiger partial charge in [0.1, 0.15) is 17.7 Å². The minimum atomic E-state index is -0.729. The molecule has 0 radical (unpaired) electrons. The maximum Gasteiger partial charge on any atom is 0.419 e. The van der Waals surface area contributed by atoms with Crippen molar-refractivity contribution in [3.63, 3.8) is 0 Å². The molecule has 2 amide bonds. The molecule has 1 saturated carbocycles. The van der Waals surface area contributed by atoms with Crippen molar-refractivity contribution in [2.45, 2.75) is 63.8 Å². The quantitative estimate of drug-likeness (QED) is 0.568. The maximum absolute atomic E-state index is 13.1. The van der Waals surface area contributed by atoms with Gasteiger partial charge in [-0.15, -0.1) is 0 Å². The van der Waals surface area contributed by atoms with Gasteiger partial charge in [0.2, 0.25) is 5.91 Å². The van der Waals surface area contributed by atoms with Crippen LogP contribution in [-0.4, -0.2) is 45.2 Å². The number of benzene rings is 2. The van der Waals surface area contributed by atoms with Gasteiger partial charge >= 0.3 is 11.8 Å². The van der Waals surface area contributed by atoms with Gasteiger partial charge in [0.25, 0.3) is 0 Å². The molecule has 1 saturated heterocycles. The van der Waals surface area contributed by atoms with Crippen molar-refractivity contribution in [1.29, 1.82) is 5.26 Å². The van der Waals surface area contributed by atoms with Crippen LogP contribution in [0.15, 0.2) is 51.7 Å². The van der Waals surface area contributed by atoms with E-state index in [-0.39, 0.29) is 11.9 Å². The van der Waals surface area contributed by atoms with Crippen LogP contribution in [0.1, 0.15) is 39.2 Å². The van der Waals surface area contributed by atoms with Gasteiger partial charge < -0.3 is 14.5 Å². The number of nitriles is 1. The SMILES string of the molecule is Cn1c(=O)oc2ccc(-c3ccc(C[C@@H](C#N)NC(=O)[C@@H]4C[C@@H]5C[C@@H]5N4C(=O)OC(C)(C)C)cc3)cc21. The van der Waals surface area contributed by atoms with Crippen LogP contribution in [-0.2, 0) is 23.0 Å². The molecule has 2 aromatic carbocycles. The van der Waals surface area contributed by atoms with Crippen LogP contribution in [0.25, 0.3) is 22.2 Å². The molecule has 9 nitrogen and oxygen atoms in total. The number of nitrogens with zero attached hydrogens (tertiary/aromatic N) is 3. The molecule has 1 aliphatic heterocycles. The highest BCUT2D eigenvalue weighted by Crippen LogP contribution is 2.48. The van der Waals surface area contributed by atoms with Crippen LogP contribution in [0.4, 0.5) is 4.79 Å². The van der Waals surface area contributed by atoms with Gasteiger partial charge in [0.15, 0.2) is 5.58 Å². The average molecular weight is 503 g/mol. The third-order valence-electron chi connectivity index (χ3n) is 7.00. The molecule has 0 bridgehead atoms. The van der Waals surface area contributed by atoms with Crippen LogP contribution >= 0.6 is 0 Å². The van der Waals surface area contributed by atoms with Crippen molar-refractivity contribution in [2.75, 3.05) is 0 Å². The zero-order valence-electron chi connectivity index (χ0n) is 21.4. The van der Waals surface area contributed by atoms with E-state index in [2.05, 4.69) is 11.4 Å². The Morgan fingerprint density at radius 2 is 1.86 bits per heavy atom. The summed E-state index contributed by atoms with van der Waals surface area (Å²) in [5.74, 6) is -0.406. The number of likely N-dealkylation sites (tertiary alicyclic amines) is 1. The number of hydrogen-bond donors (Lipinski definition) is 1. The number of hydrogen-bond acceptors (Lipinski definition) is 6. The summed E-state index contributed by atoms with van der Waals surface area (Å²) in [5.41, 5.74) is 3.38. The number of nitrogens with one attached hydrogen (secondary N) is 1. The first-order chi connectivity index (χ1) is 17.5. The minimum Gasteiger partial charge on any atom is -0.444 e. The number of carbonyl (C=O) groups is 2. The fourth-order valence-corrected chi connectivity index (χ4v) is 5.04. The normalized spacial score (nSPS) is 21.3. The molecule has 5 rings (SSSR count). The molecule has 37 heavy (non-hydrogen) atoms. The molecule has 9 heteroatoms. The number of piperidine rings is 1. The van der Waals surface area contributed by atoms with Gasteiger partial charge in [-0.05, 0) is 68.4 Å². The van der Waals surface area contributed by atoms with Gasteiger partial charge in [-0.1, -0.05) is 30.3 Å². The number of fused-ring (bicyclic) bond motifs is 2. The van der Waals surface area contributed by atoms with Gasteiger partial charge in [-0.25, -0.2) is 9.59 Å². The van der Waals surface area contributed by atoms with Crippen LogP contribution in [0.3, 0.4) is 0 Å². The standard InChI is InChI=1S/C28H30N4O5/c1-28(2,3)37-27(35)32-21-13-19(21)14-23(32)25(33)30-20(15-29)11-16-5-7-17(8-6-16)18-9-10-24-22(12-18)31(4)26(34)36-24/h5-10,12,19-21,23H,11,13-14H2,1-4H3,(H,30,33)/t19-,20-,21-,23-/m0/s1. The zero-order valence-corrected chi connectivity index (χ0v) is 21.4. The molecule has 2 aliphatic rings. The Balaban J connectivity index is 1.25. The lowest BCUT2D eigenvalue weighted by Gasteiger charge is -2.30. The smallest absolute Gasteiger partial charge is 0.419 e. The Bertz CT molecular complexity index is 1460. The third kappa shape index (κ3) is 4.96. The number of aromatic nitrogens is 1. The third-order valence-corrected chi connectivity index (χ3v) is 7.00. The second-order valence-electron chi connectivity index (χ2n) is 10.9. The van der Waals surface area contributed by atoms with Gasteiger partial charge in [0.05, 0.1) is 11.6 Å². The second-order valence-corrected chi connectivity index (χ2v) is 10.9. The highest BCUT2D eigenvalue weighted by atomic mass is 16.6. The van der Waals surface area contributed by atoms with E-state index >= 15 is 0 Å². The Kier molecular flexibility index (Phi) is 6.06. The Morgan fingerprint density at radius 3 is 2.54 bits per heavy atom. The molecular weight excluding hydrogens is 472 g/mol. The minimum absolute atomic E-state index is 0.0439. The lowest BCUT2D eigenvalue weighted by molar-refractivity contribution is -0.126. The van der Waals surface area contributed by atoms with Gasteiger partial charge in [-0.2, -0.15) is 5.26 Å². The van der Waals surface area contributed by atoms with E-state index in [1.54, 1.807) is 38.8 Å². The van der Waals surface area contributed by atoms with E-state index in [0.717, 1.165) is 23.1 Å². The Morgan fingerprint density at radius 1 is 1.16 bits per heavy atom. The van der Waals surface area contributed by atoms with Crippen molar-refractivity contribution in [3.8, 4) is 17.2 Å². The molecule has 4 atom stereocenters. The monoisotopic (exact) mass is 502 g/mol. The summed E-state index contributed by atoms with van der Waals surface area (Å²) in [7, 11) is 1.67. The zero-order chi connectivity index (χ0) is 26.5. The average Bonchev–Trinajstić information content (AvgIpc) is 3.41. The molecule has 2 heterocycles. The Labute approximate surface area is 214 Å². The fraction of sp³-hybridized carbons (Fsp3) is 0.429. The van der Waals surface area contributed by atoms with Crippen molar-refractivity contribution < 1.29 is 18.7 Å². The van der Waals surface area contributed by atoms with Crippen molar-refractivity contribution in [2.24, 2.45) is 13.0 Å². The van der Waals surface area contributed by atoms with Gasteiger partial charge in [0, 0.05) is 19.5 Å². The Hall–Kier alpha value is -4.06. The molecule has 0 unspecified atom stereocenters. The topological polar surface area (TPSA) is 118 Å². The highest BCUT2D eigenvalue weighted by molar-refractivity contribution is 5.87. The summed E-state index contributed by atoms with van der Waals surface area (Å²) < 4.78 is 12.2. The number of amides is 2. The first-order valence-electron chi connectivity index (χ1n) is 12.4. The van der Waals surface area contributed by atoms with Crippen LogP contribution in [0.2, 0.25) is 0 Å². The number of carbonyl (C=O) groups excluding carboxylic acids is 2. The van der Waals surface area contributed by atoms with Crippen molar-refractivity contribution >= 4 is 23.1 Å². The summed E-state index contributed by atoms with van der Waals surface area (Å²) in [4.78, 5) is 39.1. The number of rotatable bonds is 5. The van der Waals surface area contributed by atoms with E-state index in [4.69, 9.17) is 9.15 Å².